The Labute approximate surface area is 234 Å². The molecular formula is C34H47NO4. The molecule has 0 aliphatic heterocycles. The van der Waals surface area contributed by atoms with Crippen LogP contribution in [0.15, 0.2) is 23.3 Å². The van der Waals surface area contributed by atoms with Gasteiger partial charge >= 0.3 is 5.97 Å². The van der Waals surface area contributed by atoms with Gasteiger partial charge < -0.3 is 4.74 Å². The lowest BCUT2D eigenvalue weighted by Crippen LogP contribution is -2.64. The minimum absolute atomic E-state index is 0.0144. The number of rotatable bonds is 3. The molecule has 0 aromatic rings. The van der Waals surface area contributed by atoms with Crippen molar-refractivity contribution in [1.29, 1.82) is 5.26 Å². The molecule has 39 heavy (non-hydrogen) atoms. The van der Waals surface area contributed by atoms with Crippen LogP contribution in [0, 0.1) is 61.6 Å². The quantitative estimate of drug-likeness (QED) is 0.359. The number of allylic oxidation sites excluding steroid dienone is 4. The van der Waals surface area contributed by atoms with Gasteiger partial charge in [0.1, 0.15) is 6.07 Å². The molecule has 0 heterocycles. The van der Waals surface area contributed by atoms with Crippen molar-refractivity contribution in [2.24, 2.45) is 50.2 Å². The first-order valence-electron chi connectivity index (χ1n) is 15.0. The summed E-state index contributed by atoms with van der Waals surface area (Å²) in [6.45, 7) is 15.6. The summed E-state index contributed by atoms with van der Waals surface area (Å²) in [6, 6.07) is 2.19. The molecule has 5 rings (SSSR count). The van der Waals surface area contributed by atoms with E-state index >= 15 is 0 Å². The summed E-state index contributed by atoms with van der Waals surface area (Å²) in [5, 5.41) is 9.90. The minimum Gasteiger partial charge on any atom is -0.469 e. The van der Waals surface area contributed by atoms with E-state index in [2.05, 4.69) is 40.7 Å². The predicted octanol–water partition coefficient (Wildman–Crippen LogP) is 7.16. The monoisotopic (exact) mass is 533 g/mol. The van der Waals surface area contributed by atoms with Gasteiger partial charge in [0.15, 0.2) is 11.6 Å². The van der Waals surface area contributed by atoms with Crippen molar-refractivity contribution in [3.05, 3.63) is 23.3 Å². The molecule has 0 aromatic heterocycles. The second-order valence-electron chi connectivity index (χ2n) is 15.7. The second-order valence-corrected chi connectivity index (χ2v) is 15.7. The highest BCUT2D eigenvalue weighted by molar-refractivity contribution is 6.04. The molecule has 2 unspecified atom stereocenters. The SMILES string of the molecule is COC(=O)CC[C@]12CCC(C)(C)CC1C1C(=O)C=C3[C@@]4(C)C=C(C#N)C(=O)C(C)(C)[C@@H]4CC[C@@]3(C)[C@]1(C)CC2. The Balaban J connectivity index is 1.65. The van der Waals surface area contributed by atoms with Crippen LogP contribution in [0.25, 0.3) is 0 Å². The van der Waals surface area contributed by atoms with E-state index < -0.39 is 10.8 Å². The van der Waals surface area contributed by atoms with E-state index in [9.17, 15) is 19.6 Å². The van der Waals surface area contributed by atoms with E-state index in [4.69, 9.17) is 4.74 Å². The van der Waals surface area contributed by atoms with Crippen LogP contribution in [0.5, 0.6) is 0 Å². The van der Waals surface area contributed by atoms with Gasteiger partial charge in [0.25, 0.3) is 0 Å². The summed E-state index contributed by atoms with van der Waals surface area (Å²) < 4.78 is 5.03. The zero-order valence-corrected chi connectivity index (χ0v) is 25.3. The molecule has 3 fully saturated rings. The maximum absolute atomic E-state index is 14.5. The van der Waals surface area contributed by atoms with Crippen LogP contribution in [0.2, 0.25) is 0 Å². The number of carbonyl (C=O) groups is 3. The van der Waals surface area contributed by atoms with Crippen molar-refractivity contribution in [2.45, 2.75) is 106 Å². The van der Waals surface area contributed by atoms with Gasteiger partial charge in [-0.2, -0.15) is 5.26 Å². The molecule has 0 amide bonds. The fourth-order valence-corrected chi connectivity index (χ4v) is 10.6. The van der Waals surface area contributed by atoms with Crippen LogP contribution < -0.4 is 0 Å². The van der Waals surface area contributed by atoms with E-state index in [-0.39, 0.29) is 62.5 Å². The van der Waals surface area contributed by atoms with Crippen LogP contribution in [0.3, 0.4) is 0 Å². The molecule has 0 radical (unpaired) electrons. The third kappa shape index (κ3) is 3.72. The van der Waals surface area contributed by atoms with Gasteiger partial charge in [-0.25, -0.2) is 0 Å². The normalized spacial score (nSPS) is 43.9. The Morgan fingerprint density at radius 2 is 1.69 bits per heavy atom. The smallest absolute Gasteiger partial charge is 0.305 e. The number of nitriles is 1. The molecule has 212 valence electrons. The Morgan fingerprint density at radius 1 is 1.03 bits per heavy atom. The molecule has 0 bridgehead atoms. The number of esters is 1. The van der Waals surface area contributed by atoms with E-state index in [0.717, 1.165) is 56.9 Å². The molecule has 0 N–H and O–H groups in total. The molecule has 0 saturated heterocycles. The van der Waals surface area contributed by atoms with E-state index in [1.807, 2.05) is 26.0 Å². The number of ether oxygens (including phenoxy) is 1. The van der Waals surface area contributed by atoms with Crippen LogP contribution >= 0.6 is 0 Å². The van der Waals surface area contributed by atoms with E-state index in [0.29, 0.717) is 6.42 Å². The van der Waals surface area contributed by atoms with Crippen LogP contribution in [0.1, 0.15) is 106 Å². The Bertz CT molecular complexity index is 1230. The van der Waals surface area contributed by atoms with Gasteiger partial charge in [0.05, 0.1) is 12.7 Å². The molecule has 3 saturated carbocycles. The molecule has 5 aliphatic carbocycles. The zero-order chi connectivity index (χ0) is 28.8. The number of fused-ring (bicyclic) bond motifs is 7. The lowest BCUT2D eigenvalue weighted by Gasteiger charge is -2.69. The first kappa shape index (κ1) is 28.3. The van der Waals surface area contributed by atoms with Crippen molar-refractivity contribution in [1.82, 2.24) is 0 Å². The third-order valence-electron chi connectivity index (χ3n) is 13.1. The Kier molecular flexibility index (Phi) is 6.27. The largest absolute Gasteiger partial charge is 0.469 e. The average Bonchev–Trinajstić information content (AvgIpc) is 2.86. The second kappa shape index (κ2) is 8.64. The highest BCUT2D eigenvalue weighted by Gasteiger charge is 2.69. The van der Waals surface area contributed by atoms with E-state index in [1.54, 1.807) is 0 Å². The summed E-state index contributed by atoms with van der Waals surface area (Å²) in [4.78, 5) is 40.0. The number of ketones is 2. The average molecular weight is 534 g/mol. The molecular weight excluding hydrogens is 486 g/mol. The number of hydrogen-bond acceptors (Lipinski definition) is 5. The number of hydrogen-bond donors (Lipinski definition) is 0. The van der Waals surface area contributed by atoms with Crippen molar-refractivity contribution >= 4 is 17.5 Å². The summed E-state index contributed by atoms with van der Waals surface area (Å²) >= 11 is 0. The third-order valence-corrected chi connectivity index (χ3v) is 13.1. The zero-order valence-electron chi connectivity index (χ0n) is 25.3. The first-order chi connectivity index (χ1) is 18.0. The molecule has 5 nitrogen and oxygen atoms in total. The molecule has 5 aliphatic rings. The fourth-order valence-electron chi connectivity index (χ4n) is 10.6. The van der Waals surface area contributed by atoms with Crippen molar-refractivity contribution in [3.8, 4) is 6.07 Å². The topological polar surface area (TPSA) is 84.2 Å². The minimum atomic E-state index is -0.652. The molecule has 0 aromatic carbocycles. The highest BCUT2D eigenvalue weighted by atomic mass is 16.5. The van der Waals surface area contributed by atoms with Gasteiger partial charge in [-0.3, -0.25) is 14.4 Å². The highest BCUT2D eigenvalue weighted by Crippen LogP contribution is 2.75. The number of methoxy groups -OCH3 is 1. The summed E-state index contributed by atoms with van der Waals surface area (Å²) in [5.41, 5.74) is -0.0693. The lowest BCUT2D eigenvalue weighted by molar-refractivity contribution is -0.173. The summed E-state index contributed by atoms with van der Waals surface area (Å²) in [5.74, 6) is 0.185. The first-order valence-corrected chi connectivity index (χ1v) is 15.0. The maximum Gasteiger partial charge on any atom is 0.305 e. The van der Waals surface area contributed by atoms with Crippen LogP contribution in [0.4, 0.5) is 0 Å². The van der Waals surface area contributed by atoms with Gasteiger partial charge in [0.2, 0.25) is 0 Å². The van der Waals surface area contributed by atoms with Crippen molar-refractivity contribution < 1.29 is 19.1 Å². The van der Waals surface area contributed by atoms with Crippen LogP contribution in [-0.2, 0) is 19.1 Å². The Hall–Kier alpha value is -2.22. The molecule has 0 spiro atoms. The van der Waals surface area contributed by atoms with Gasteiger partial charge in [-0.05, 0) is 90.9 Å². The summed E-state index contributed by atoms with van der Waals surface area (Å²) in [6.07, 6.45) is 12.1. The standard InChI is InChI=1S/C34H47NO4/c1-29(2)13-15-34(12-10-26(37)39-8)16-14-33(7)27(22(34)19-29)23(36)17-25-31(5)18-21(20-35)28(38)30(3,4)24(31)9-11-32(25,33)6/h17-18,22,24,27H,9-16,19H2,1-8H3/t22?,24-,27?,31-,32+,33+,34+/m0/s1. The van der Waals surface area contributed by atoms with Gasteiger partial charge in [-0.1, -0.05) is 60.1 Å². The Morgan fingerprint density at radius 3 is 2.33 bits per heavy atom. The van der Waals surface area contributed by atoms with Crippen molar-refractivity contribution in [3.63, 3.8) is 0 Å². The number of carbonyl (C=O) groups excluding carboxylic acids is 3. The van der Waals surface area contributed by atoms with Gasteiger partial charge in [-0.15, -0.1) is 0 Å². The number of Topliss-reactive ketones (excluding diaryl/α,β-unsaturated/α-hetero) is 1. The predicted molar refractivity (Wildman–Crippen MR) is 150 cm³/mol. The number of nitrogens with zero attached hydrogens (tertiary/aromatic N) is 1. The van der Waals surface area contributed by atoms with E-state index in [1.165, 1.54) is 7.11 Å². The molecule has 7 atom stereocenters. The summed E-state index contributed by atoms with van der Waals surface area (Å²) in [7, 11) is 1.46. The maximum atomic E-state index is 14.5. The molecule has 5 heteroatoms. The lowest BCUT2D eigenvalue weighted by atomic mass is 9.34. The fraction of sp³-hybridized carbons (Fsp3) is 0.765. The van der Waals surface area contributed by atoms with Gasteiger partial charge in [0, 0.05) is 23.2 Å². The van der Waals surface area contributed by atoms with Crippen LogP contribution in [-0.4, -0.2) is 24.6 Å². The van der Waals surface area contributed by atoms with Crippen molar-refractivity contribution in [2.75, 3.05) is 7.11 Å².